The first-order valence-electron chi connectivity index (χ1n) is 6.38. The van der Waals surface area contributed by atoms with Gasteiger partial charge in [0.25, 0.3) is 5.91 Å². The first-order chi connectivity index (χ1) is 10.1. The Kier molecular flexibility index (Phi) is 5.20. The van der Waals surface area contributed by atoms with Crippen molar-refractivity contribution in [2.24, 2.45) is 0 Å². The van der Waals surface area contributed by atoms with Crippen molar-refractivity contribution in [1.82, 2.24) is 10.3 Å². The van der Waals surface area contributed by atoms with E-state index in [1.807, 2.05) is 18.2 Å². The minimum Gasteiger partial charge on any atom is -0.435 e. The van der Waals surface area contributed by atoms with Gasteiger partial charge in [-0.15, -0.1) is 0 Å². The summed E-state index contributed by atoms with van der Waals surface area (Å²) >= 11 is 0. The highest BCUT2D eigenvalue weighted by Crippen LogP contribution is 2.15. The van der Waals surface area contributed by atoms with Crippen LogP contribution in [0.4, 0.5) is 8.78 Å². The molecule has 1 aromatic carbocycles. The highest BCUT2D eigenvalue weighted by molar-refractivity contribution is 5.94. The van der Waals surface area contributed by atoms with E-state index in [0.717, 1.165) is 5.69 Å². The van der Waals surface area contributed by atoms with Crippen LogP contribution in [0.1, 0.15) is 16.1 Å². The maximum atomic E-state index is 12.1. The summed E-state index contributed by atoms with van der Waals surface area (Å²) in [6, 6.07) is 11.2. The van der Waals surface area contributed by atoms with Gasteiger partial charge in [0.1, 0.15) is 5.75 Å². The number of nitrogens with one attached hydrogen (secondary N) is 1. The van der Waals surface area contributed by atoms with Crippen molar-refractivity contribution in [3.8, 4) is 5.75 Å². The third kappa shape index (κ3) is 4.83. The lowest BCUT2D eigenvalue weighted by Crippen LogP contribution is -2.25. The number of alkyl halides is 2. The van der Waals surface area contributed by atoms with Gasteiger partial charge in [0.05, 0.1) is 0 Å². The van der Waals surface area contributed by atoms with Crippen LogP contribution in [0, 0.1) is 0 Å². The van der Waals surface area contributed by atoms with Crippen molar-refractivity contribution in [1.29, 1.82) is 0 Å². The number of carbonyl (C=O) groups excluding carboxylic acids is 1. The Bertz CT molecular complexity index is 591. The van der Waals surface area contributed by atoms with Crippen LogP contribution in [-0.2, 0) is 6.42 Å². The van der Waals surface area contributed by atoms with Gasteiger partial charge in [-0.1, -0.05) is 12.1 Å². The third-order valence-electron chi connectivity index (χ3n) is 2.71. The summed E-state index contributed by atoms with van der Waals surface area (Å²) in [7, 11) is 0. The predicted molar refractivity (Wildman–Crippen MR) is 73.3 cm³/mol. The lowest BCUT2D eigenvalue weighted by molar-refractivity contribution is -0.0498. The highest BCUT2D eigenvalue weighted by Gasteiger charge is 2.09. The molecule has 1 heterocycles. The minimum absolute atomic E-state index is 0.0395. The number of hydrogen-bond donors (Lipinski definition) is 1. The van der Waals surface area contributed by atoms with Crippen molar-refractivity contribution in [3.63, 3.8) is 0 Å². The monoisotopic (exact) mass is 292 g/mol. The zero-order valence-corrected chi connectivity index (χ0v) is 11.1. The molecule has 0 atom stereocenters. The van der Waals surface area contributed by atoms with Crippen LogP contribution in [-0.4, -0.2) is 24.0 Å². The highest BCUT2D eigenvalue weighted by atomic mass is 19.3. The molecular formula is C15H14F2N2O2. The Hall–Kier alpha value is -2.50. The second kappa shape index (κ2) is 7.33. The van der Waals surface area contributed by atoms with Gasteiger partial charge in [0.2, 0.25) is 0 Å². The molecule has 0 unspecified atom stereocenters. The maximum Gasteiger partial charge on any atom is 0.387 e. The van der Waals surface area contributed by atoms with E-state index in [0.29, 0.717) is 13.0 Å². The number of amides is 1. The summed E-state index contributed by atoms with van der Waals surface area (Å²) in [4.78, 5) is 16.0. The average Bonchev–Trinajstić information content (AvgIpc) is 2.48. The van der Waals surface area contributed by atoms with Crippen molar-refractivity contribution in [3.05, 3.63) is 59.9 Å². The van der Waals surface area contributed by atoms with Crippen molar-refractivity contribution in [2.75, 3.05) is 6.54 Å². The van der Waals surface area contributed by atoms with E-state index < -0.39 is 6.61 Å². The fourth-order valence-corrected chi connectivity index (χ4v) is 1.77. The fourth-order valence-electron chi connectivity index (χ4n) is 1.77. The van der Waals surface area contributed by atoms with Gasteiger partial charge in [0, 0.05) is 30.4 Å². The third-order valence-corrected chi connectivity index (χ3v) is 2.71. The Morgan fingerprint density at radius 1 is 1.24 bits per heavy atom. The van der Waals surface area contributed by atoms with Crippen molar-refractivity contribution >= 4 is 5.91 Å². The van der Waals surface area contributed by atoms with Gasteiger partial charge in [0.15, 0.2) is 0 Å². The van der Waals surface area contributed by atoms with Crippen molar-refractivity contribution < 1.29 is 18.3 Å². The Labute approximate surface area is 120 Å². The lowest BCUT2D eigenvalue weighted by atomic mass is 10.2. The quantitative estimate of drug-likeness (QED) is 0.890. The summed E-state index contributed by atoms with van der Waals surface area (Å²) in [6.45, 7) is -2.50. The van der Waals surface area contributed by atoms with Gasteiger partial charge in [-0.25, -0.2) is 0 Å². The molecule has 0 saturated heterocycles. The molecule has 0 aliphatic carbocycles. The molecule has 4 nitrogen and oxygen atoms in total. The smallest absolute Gasteiger partial charge is 0.387 e. The van der Waals surface area contributed by atoms with Crippen LogP contribution >= 0.6 is 0 Å². The number of carbonyl (C=O) groups is 1. The van der Waals surface area contributed by atoms with E-state index in [1.165, 1.54) is 24.3 Å². The van der Waals surface area contributed by atoms with Gasteiger partial charge in [-0.2, -0.15) is 8.78 Å². The molecule has 2 rings (SSSR count). The zero-order chi connectivity index (χ0) is 15.1. The number of pyridine rings is 1. The fraction of sp³-hybridized carbons (Fsp3) is 0.200. The molecule has 0 spiro atoms. The molecule has 6 heteroatoms. The van der Waals surface area contributed by atoms with Gasteiger partial charge in [-0.3, -0.25) is 9.78 Å². The second-order valence-corrected chi connectivity index (χ2v) is 4.23. The lowest BCUT2D eigenvalue weighted by Gasteiger charge is -2.07. The van der Waals surface area contributed by atoms with E-state index in [9.17, 15) is 13.6 Å². The zero-order valence-electron chi connectivity index (χ0n) is 11.1. The molecule has 21 heavy (non-hydrogen) atoms. The SMILES string of the molecule is O=C(NCCc1ccccn1)c1cccc(OC(F)F)c1. The van der Waals surface area contributed by atoms with Crippen LogP contribution in [0.25, 0.3) is 0 Å². The van der Waals surface area contributed by atoms with E-state index in [2.05, 4.69) is 15.0 Å². The first kappa shape index (κ1) is 14.9. The largest absolute Gasteiger partial charge is 0.435 e. The molecule has 1 N–H and O–H groups in total. The van der Waals surface area contributed by atoms with Crippen LogP contribution in [0.3, 0.4) is 0 Å². The molecular weight excluding hydrogens is 278 g/mol. The Morgan fingerprint density at radius 3 is 2.81 bits per heavy atom. The molecule has 1 aromatic heterocycles. The van der Waals surface area contributed by atoms with Gasteiger partial charge in [-0.05, 0) is 30.3 Å². The van der Waals surface area contributed by atoms with E-state index in [-0.39, 0.29) is 17.2 Å². The predicted octanol–water partition coefficient (Wildman–Crippen LogP) is 2.66. The molecule has 0 radical (unpaired) electrons. The number of ether oxygens (including phenoxy) is 1. The van der Waals surface area contributed by atoms with E-state index in [4.69, 9.17) is 0 Å². The normalized spacial score (nSPS) is 10.4. The number of rotatable bonds is 6. The summed E-state index contributed by atoms with van der Waals surface area (Å²) in [5, 5.41) is 2.71. The van der Waals surface area contributed by atoms with E-state index in [1.54, 1.807) is 6.20 Å². The Morgan fingerprint density at radius 2 is 2.10 bits per heavy atom. The number of nitrogens with zero attached hydrogens (tertiary/aromatic N) is 1. The number of halogens is 2. The molecule has 0 bridgehead atoms. The van der Waals surface area contributed by atoms with Crippen LogP contribution < -0.4 is 10.1 Å². The topological polar surface area (TPSA) is 51.2 Å². The molecule has 0 aliphatic heterocycles. The summed E-state index contributed by atoms with van der Waals surface area (Å²) in [5.74, 6) is -0.381. The summed E-state index contributed by atoms with van der Waals surface area (Å²) in [6.07, 6.45) is 2.28. The van der Waals surface area contributed by atoms with Crippen LogP contribution in [0.15, 0.2) is 48.7 Å². The van der Waals surface area contributed by atoms with Crippen LogP contribution in [0.5, 0.6) is 5.75 Å². The molecule has 0 fully saturated rings. The first-order valence-corrected chi connectivity index (χ1v) is 6.38. The maximum absolute atomic E-state index is 12.1. The Balaban J connectivity index is 1.88. The van der Waals surface area contributed by atoms with Gasteiger partial charge >= 0.3 is 6.61 Å². The van der Waals surface area contributed by atoms with Crippen LogP contribution in [0.2, 0.25) is 0 Å². The summed E-state index contributed by atoms with van der Waals surface area (Å²) in [5.41, 5.74) is 1.14. The van der Waals surface area contributed by atoms with Gasteiger partial charge < -0.3 is 10.1 Å². The standard InChI is InChI=1S/C15H14F2N2O2/c16-15(17)21-13-6-3-4-11(10-13)14(20)19-9-7-12-5-1-2-8-18-12/h1-6,8,10,15H,7,9H2,(H,19,20). The molecule has 2 aromatic rings. The number of aromatic nitrogens is 1. The molecule has 1 amide bonds. The average molecular weight is 292 g/mol. The molecule has 0 saturated carbocycles. The molecule has 0 aliphatic rings. The van der Waals surface area contributed by atoms with E-state index >= 15 is 0 Å². The minimum atomic E-state index is -2.91. The number of benzene rings is 1. The van der Waals surface area contributed by atoms with Crippen molar-refractivity contribution in [2.45, 2.75) is 13.0 Å². The number of hydrogen-bond acceptors (Lipinski definition) is 3. The second-order valence-electron chi connectivity index (χ2n) is 4.23. The molecule has 110 valence electrons. The summed E-state index contributed by atoms with van der Waals surface area (Å²) < 4.78 is 28.5.